The number of aryl methyl sites for hydroxylation is 1. The highest BCUT2D eigenvalue weighted by Gasteiger charge is 2.11. The third-order valence-corrected chi connectivity index (χ3v) is 4.07. The van der Waals surface area contributed by atoms with Crippen LogP contribution >= 0.6 is 11.3 Å². The summed E-state index contributed by atoms with van der Waals surface area (Å²) >= 11 is 1.86. The lowest BCUT2D eigenvalue weighted by Gasteiger charge is -2.10. The van der Waals surface area contributed by atoms with Crippen LogP contribution in [0.3, 0.4) is 0 Å². The first-order valence-electron chi connectivity index (χ1n) is 6.92. The fraction of sp³-hybridized carbons (Fsp3) is 0.786. The summed E-state index contributed by atoms with van der Waals surface area (Å²) in [5.74, 6) is 0. The van der Waals surface area contributed by atoms with Gasteiger partial charge in [-0.3, -0.25) is 0 Å². The van der Waals surface area contributed by atoms with Gasteiger partial charge in [0.05, 0.1) is 5.69 Å². The third-order valence-electron chi connectivity index (χ3n) is 2.98. The van der Waals surface area contributed by atoms with Gasteiger partial charge in [-0.2, -0.15) is 0 Å². The molecule has 4 heteroatoms. The van der Waals surface area contributed by atoms with Crippen molar-refractivity contribution < 1.29 is 0 Å². The van der Waals surface area contributed by atoms with Crippen molar-refractivity contribution in [1.82, 2.24) is 15.2 Å². The van der Waals surface area contributed by atoms with Crippen molar-refractivity contribution in [3.05, 3.63) is 15.6 Å². The maximum atomic E-state index is 4.78. The van der Waals surface area contributed by atoms with Crippen LogP contribution in [0.5, 0.6) is 0 Å². The zero-order valence-electron chi connectivity index (χ0n) is 12.4. The van der Waals surface area contributed by atoms with Crippen molar-refractivity contribution >= 4 is 11.3 Å². The van der Waals surface area contributed by atoms with Crippen LogP contribution < -0.4 is 5.32 Å². The highest BCUT2D eigenvalue weighted by atomic mass is 32.1. The van der Waals surface area contributed by atoms with Crippen LogP contribution in [0.25, 0.3) is 0 Å². The number of nitrogens with zero attached hydrogens (tertiary/aromatic N) is 2. The Bertz CT molecular complexity index is 347. The van der Waals surface area contributed by atoms with E-state index in [9.17, 15) is 0 Å². The van der Waals surface area contributed by atoms with Gasteiger partial charge in [0, 0.05) is 24.0 Å². The Hall–Kier alpha value is -0.450. The molecule has 0 radical (unpaired) electrons. The minimum atomic E-state index is 0.582. The van der Waals surface area contributed by atoms with Crippen molar-refractivity contribution in [3.8, 4) is 0 Å². The van der Waals surface area contributed by atoms with Gasteiger partial charge >= 0.3 is 0 Å². The predicted octanol–water partition coefficient (Wildman–Crippen LogP) is 3.05. The maximum absolute atomic E-state index is 4.78. The first-order valence-corrected chi connectivity index (χ1v) is 7.74. The Labute approximate surface area is 116 Å². The van der Waals surface area contributed by atoms with E-state index in [4.69, 9.17) is 4.98 Å². The van der Waals surface area contributed by atoms with Crippen LogP contribution in [0, 0.1) is 0 Å². The molecular formula is C14H27N3S. The fourth-order valence-corrected chi connectivity index (χ4v) is 2.94. The first kappa shape index (κ1) is 15.6. The normalized spacial score (nSPS) is 13.2. The summed E-state index contributed by atoms with van der Waals surface area (Å²) < 4.78 is 0. The van der Waals surface area contributed by atoms with E-state index in [1.807, 2.05) is 11.3 Å². The topological polar surface area (TPSA) is 28.2 Å². The molecule has 3 nitrogen and oxygen atoms in total. The Morgan fingerprint density at radius 3 is 2.61 bits per heavy atom. The van der Waals surface area contributed by atoms with Gasteiger partial charge in [0.25, 0.3) is 0 Å². The van der Waals surface area contributed by atoms with Crippen LogP contribution in [0.4, 0.5) is 0 Å². The zero-order chi connectivity index (χ0) is 13.5. The highest BCUT2D eigenvalue weighted by Crippen LogP contribution is 2.21. The van der Waals surface area contributed by atoms with Crippen LogP contribution in [-0.4, -0.2) is 30.0 Å². The van der Waals surface area contributed by atoms with Crippen molar-refractivity contribution in [2.75, 3.05) is 14.1 Å². The van der Waals surface area contributed by atoms with Gasteiger partial charge in [-0.15, -0.1) is 11.3 Å². The molecule has 0 saturated carbocycles. The monoisotopic (exact) mass is 269 g/mol. The molecule has 0 fully saturated rings. The number of rotatable bonds is 8. The minimum Gasteiger partial charge on any atom is -0.309 e. The van der Waals surface area contributed by atoms with Gasteiger partial charge in [-0.05, 0) is 33.9 Å². The molecule has 1 aromatic heterocycles. The molecule has 0 saturated heterocycles. The summed E-state index contributed by atoms with van der Waals surface area (Å²) in [6.07, 6.45) is 3.44. The standard InChI is InChI=1S/C14H27N3S/c1-6-8-12-13(9-15-11(3)7-2)18-14(16-12)10-17(4)5/h11,15H,6-10H2,1-5H3. The number of thiazole rings is 1. The molecule has 1 aromatic rings. The average molecular weight is 269 g/mol. The van der Waals surface area contributed by atoms with E-state index in [0.29, 0.717) is 6.04 Å². The van der Waals surface area contributed by atoms with E-state index in [1.165, 1.54) is 28.4 Å². The number of hydrogen-bond donors (Lipinski definition) is 1. The smallest absolute Gasteiger partial charge is 0.107 e. The number of hydrogen-bond acceptors (Lipinski definition) is 4. The summed E-state index contributed by atoms with van der Waals surface area (Å²) in [7, 11) is 4.19. The molecule has 1 heterocycles. The van der Waals surface area contributed by atoms with Crippen LogP contribution in [0.15, 0.2) is 0 Å². The summed E-state index contributed by atoms with van der Waals surface area (Å²) in [6.45, 7) is 8.59. The second kappa shape index (κ2) is 7.87. The van der Waals surface area contributed by atoms with Gasteiger partial charge in [-0.25, -0.2) is 4.98 Å². The largest absolute Gasteiger partial charge is 0.309 e. The Morgan fingerprint density at radius 1 is 1.33 bits per heavy atom. The van der Waals surface area contributed by atoms with Crippen LogP contribution in [-0.2, 0) is 19.5 Å². The lowest BCUT2D eigenvalue weighted by Crippen LogP contribution is -2.24. The maximum Gasteiger partial charge on any atom is 0.107 e. The average Bonchev–Trinajstić information content (AvgIpc) is 2.67. The van der Waals surface area contributed by atoms with E-state index in [2.05, 4.69) is 45.1 Å². The SMILES string of the molecule is CCCc1nc(CN(C)C)sc1CNC(C)CC. The molecule has 1 rings (SSSR count). The van der Waals surface area contributed by atoms with Crippen LogP contribution in [0.2, 0.25) is 0 Å². The number of aromatic nitrogens is 1. The molecule has 0 aromatic carbocycles. The van der Waals surface area contributed by atoms with Crippen molar-refractivity contribution in [3.63, 3.8) is 0 Å². The fourth-order valence-electron chi connectivity index (χ4n) is 1.76. The van der Waals surface area contributed by atoms with Gasteiger partial charge in [-0.1, -0.05) is 20.3 Å². The summed E-state index contributed by atoms with van der Waals surface area (Å²) in [4.78, 5) is 8.39. The first-order chi connectivity index (χ1) is 8.56. The second-order valence-electron chi connectivity index (χ2n) is 5.16. The zero-order valence-corrected chi connectivity index (χ0v) is 13.2. The molecule has 0 aliphatic rings. The van der Waals surface area contributed by atoms with Crippen LogP contribution in [0.1, 0.15) is 49.2 Å². The van der Waals surface area contributed by atoms with Crippen molar-refractivity contribution in [2.24, 2.45) is 0 Å². The molecular weight excluding hydrogens is 242 g/mol. The Morgan fingerprint density at radius 2 is 2.06 bits per heavy atom. The molecule has 0 aliphatic carbocycles. The molecule has 1 unspecified atom stereocenters. The molecule has 18 heavy (non-hydrogen) atoms. The summed E-state index contributed by atoms with van der Waals surface area (Å²) in [6, 6.07) is 0.582. The minimum absolute atomic E-state index is 0.582. The number of nitrogens with one attached hydrogen (secondary N) is 1. The van der Waals surface area contributed by atoms with Gasteiger partial charge < -0.3 is 10.2 Å². The summed E-state index contributed by atoms with van der Waals surface area (Å²) in [5.41, 5.74) is 1.30. The predicted molar refractivity (Wildman–Crippen MR) is 80.1 cm³/mol. The Kier molecular flexibility index (Phi) is 6.82. The second-order valence-corrected chi connectivity index (χ2v) is 6.32. The molecule has 1 atom stereocenters. The molecule has 0 aliphatic heterocycles. The van der Waals surface area contributed by atoms with E-state index < -0.39 is 0 Å². The van der Waals surface area contributed by atoms with E-state index >= 15 is 0 Å². The molecule has 0 amide bonds. The van der Waals surface area contributed by atoms with Crippen molar-refractivity contribution in [2.45, 2.75) is 59.2 Å². The van der Waals surface area contributed by atoms with E-state index in [1.54, 1.807) is 0 Å². The quantitative estimate of drug-likeness (QED) is 0.786. The van der Waals surface area contributed by atoms with Crippen molar-refractivity contribution in [1.29, 1.82) is 0 Å². The molecule has 104 valence electrons. The van der Waals surface area contributed by atoms with Gasteiger partial charge in [0.1, 0.15) is 5.01 Å². The molecule has 1 N–H and O–H groups in total. The molecule has 0 spiro atoms. The lowest BCUT2D eigenvalue weighted by molar-refractivity contribution is 0.401. The Balaban J connectivity index is 2.70. The van der Waals surface area contributed by atoms with Gasteiger partial charge in [0.2, 0.25) is 0 Å². The van der Waals surface area contributed by atoms with E-state index in [-0.39, 0.29) is 0 Å². The lowest BCUT2D eigenvalue weighted by atomic mass is 10.2. The highest BCUT2D eigenvalue weighted by molar-refractivity contribution is 7.11. The molecule has 0 bridgehead atoms. The van der Waals surface area contributed by atoms with E-state index in [0.717, 1.165) is 19.5 Å². The third kappa shape index (κ3) is 5.04. The summed E-state index contributed by atoms with van der Waals surface area (Å²) in [5, 5.41) is 4.81. The van der Waals surface area contributed by atoms with Gasteiger partial charge in [0.15, 0.2) is 0 Å².